The number of hydrogen-bond donors (Lipinski definition) is 2. The van der Waals surface area contributed by atoms with Gasteiger partial charge in [0, 0.05) is 18.5 Å². The third kappa shape index (κ3) is 5.39. The molecule has 0 bridgehead atoms. The van der Waals surface area contributed by atoms with E-state index in [1.54, 1.807) is 6.20 Å². The average molecular weight is 226 g/mol. The summed E-state index contributed by atoms with van der Waals surface area (Å²) < 4.78 is 0. The van der Waals surface area contributed by atoms with Gasteiger partial charge in [0.05, 0.1) is 18.1 Å². The van der Waals surface area contributed by atoms with Crippen LogP contribution in [0.2, 0.25) is 0 Å². The van der Waals surface area contributed by atoms with E-state index in [9.17, 15) is 4.79 Å². The highest BCUT2D eigenvalue weighted by Crippen LogP contribution is 2.08. The van der Waals surface area contributed by atoms with Gasteiger partial charge in [-0.2, -0.15) is 0 Å². The molecule has 1 aromatic heterocycles. The number of nitrogens with one attached hydrogen (secondary N) is 1. The minimum absolute atomic E-state index is 0.0172. The molecule has 0 aliphatic rings. The number of amides is 1. The van der Waals surface area contributed by atoms with Crippen LogP contribution in [0.15, 0.2) is 24.4 Å². The topological polar surface area (TPSA) is 62.2 Å². The Morgan fingerprint density at radius 2 is 2.40 bits per heavy atom. The van der Waals surface area contributed by atoms with Crippen LogP contribution < -0.4 is 5.32 Å². The maximum Gasteiger partial charge on any atom is 0.230 e. The molecule has 0 atom stereocenters. The van der Waals surface area contributed by atoms with Crippen LogP contribution in [-0.2, 0) is 10.5 Å². The molecule has 2 N–H and O–H groups in total. The Hall–Kier alpha value is -1.07. The van der Waals surface area contributed by atoms with Gasteiger partial charge in [-0.25, -0.2) is 0 Å². The number of pyridine rings is 1. The molecule has 0 fully saturated rings. The summed E-state index contributed by atoms with van der Waals surface area (Å²) in [5, 5.41) is 11.1. The lowest BCUT2D eigenvalue weighted by molar-refractivity contribution is -0.118. The molecule has 1 heterocycles. The predicted molar refractivity (Wildman–Crippen MR) is 60.5 cm³/mol. The number of hydrogen-bond acceptors (Lipinski definition) is 4. The third-order valence-corrected chi connectivity index (χ3v) is 2.61. The van der Waals surface area contributed by atoms with Crippen LogP contribution in [-0.4, -0.2) is 34.9 Å². The highest BCUT2D eigenvalue weighted by molar-refractivity contribution is 7.99. The Kier molecular flexibility index (Phi) is 5.80. The monoisotopic (exact) mass is 226 g/mol. The maximum atomic E-state index is 11.1. The molecule has 0 spiro atoms. The van der Waals surface area contributed by atoms with Gasteiger partial charge in [0.25, 0.3) is 0 Å². The van der Waals surface area contributed by atoms with E-state index in [-0.39, 0.29) is 12.5 Å². The molecule has 82 valence electrons. The van der Waals surface area contributed by atoms with Crippen molar-refractivity contribution in [3.05, 3.63) is 30.1 Å². The van der Waals surface area contributed by atoms with Gasteiger partial charge in [-0.05, 0) is 12.1 Å². The van der Waals surface area contributed by atoms with Crippen molar-refractivity contribution in [1.82, 2.24) is 10.3 Å². The van der Waals surface area contributed by atoms with Crippen molar-refractivity contribution in [2.24, 2.45) is 0 Å². The number of carbonyl (C=O) groups excluding carboxylic acids is 1. The van der Waals surface area contributed by atoms with E-state index < -0.39 is 0 Å². The van der Waals surface area contributed by atoms with Gasteiger partial charge in [-0.3, -0.25) is 9.78 Å². The van der Waals surface area contributed by atoms with Gasteiger partial charge in [0.1, 0.15) is 0 Å². The van der Waals surface area contributed by atoms with E-state index in [4.69, 9.17) is 5.11 Å². The first-order valence-corrected chi connectivity index (χ1v) is 5.83. The number of carbonyl (C=O) groups is 1. The second-order valence-corrected chi connectivity index (χ2v) is 3.87. The van der Waals surface area contributed by atoms with Gasteiger partial charge in [-0.15, -0.1) is 11.8 Å². The fourth-order valence-corrected chi connectivity index (χ4v) is 1.75. The molecular formula is C10H14N2O2S. The fraction of sp³-hybridized carbons (Fsp3) is 0.400. The van der Waals surface area contributed by atoms with E-state index in [2.05, 4.69) is 10.3 Å². The van der Waals surface area contributed by atoms with Crippen LogP contribution in [0.4, 0.5) is 0 Å². The van der Waals surface area contributed by atoms with E-state index in [0.29, 0.717) is 12.3 Å². The summed E-state index contributed by atoms with van der Waals surface area (Å²) in [4.78, 5) is 15.3. The molecule has 1 rings (SSSR count). The molecule has 0 aliphatic heterocycles. The molecule has 1 aromatic rings. The van der Waals surface area contributed by atoms with Crippen molar-refractivity contribution in [3.63, 3.8) is 0 Å². The standard InChI is InChI=1S/C10H14N2O2S/c13-6-5-12-10(14)8-15-7-9-3-1-2-4-11-9/h1-4,13H,5-8H2,(H,12,14). The van der Waals surface area contributed by atoms with Crippen LogP contribution >= 0.6 is 11.8 Å². The summed E-state index contributed by atoms with van der Waals surface area (Å²) in [6.45, 7) is 0.305. The SMILES string of the molecule is O=C(CSCc1ccccn1)NCCO. The normalized spacial score (nSPS) is 9.93. The largest absolute Gasteiger partial charge is 0.395 e. The van der Waals surface area contributed by atoms with Crippen molar-refractivity contribution in [1.29, 1.82) is 0 Å². The zero-order chi connectivity index (χ0) is 10.9. The number of aliphatic hydroxyl groups excluding tert-OH is 1. The van der Waals surface area contributed by atoms with Crippen LogP contribution in [0.5, 0.6) is 0 Å². The lowest BCUT2D eigenvalue weighted by Gasteiger charge is -2.02. The molecule has 15 heavy (non-hydrogen) atoms. The lowest BCUT2D eigenvalue weighted by Crippen LogP contribution is -2.27. The van der Waals surface area contributed by atoms with Crippen molar-refractivity contribution in [2.45, 2.75) is 5.75 Å². The van der Waals surface area contributed by atoms with Gasteiger partial charge in [-0.1, -0.05) is 6.07 Å². The van der Waals surface area contributed by atoms with E-state index in [1.807, 2.05) is 18.2 Å². The summed E-state index contributed by atoms with van der Waals surface area (Å²) >= 11 is 1.51. The summed E-state index contributed by atoms with van der Waals surface area (Å²) in [5.74, 6) is 1.08. The number of rotatable bonds is 6. The van der Waals surface area contributed by atoms with Crippen LogP contribution in [0.25, 0.3) is 0 Å². The smallest absolute Gasteiger partial charge is 0.230 e. The summed E-state index contributed by atoms with van der Waals surface area (Å²) in [6, 6.07) is 5.72. The Bertz CT molecular complexity index is 293. The molecule has 4 nitrogen and oxygen atoms in total. The second kappa shape index (κ2) is 7.25. The van der Waals surface area contributed by atoms with Crippen LogP contribution in [0.1, 0.15) is 5.69 Å². The highest BCUT2D eigenvalue weighted by atomic mass is 32.2. The Balaban J connectivity index is 2.14. The Morgan fingerprint density at radius 1 is 1.53 bits per heavy atom. The Morgan fingerprint density at radius 3 is 3.07 bits per heavy atom. The van der Waals surface area contributed by atoms with Crippen molar-refractivity contribution in [3.8, 4) is 0 Å². The maximum absolute atomic E-state index is 11.1. The lowest BCUT2D eigenvalue weighted by atomic mass is 10.4. The number of nitrogens with zero attached hydrogens (tertiary/aromatic N) is 1. The van der Waals surface area contributed by atoms with E-state index in [1.165, 1.54) is 11.8 Å². The van der Waals surface area contributed by atoms with Gasteiger partial charge in [0.15, 0.2) is 0 Å². The molecule has 0 aliphatic carbocycles. The Labute approximate surface area is 93.1 Å². The van der Waals surface area contributed by atoms with Gasteiger partial charge < -0.3 is 10.4 Å². The predicted octanol–water partition coefficient (Wildman–Crippen LogP) is 0.423. The molecule has 0 saturated heterocycles. The van der Waals surface area contributed by atoms with Crippen molar-refractivity contribution in [2.75, 3.05) is 18.9 Å². The van der Waals surface area contributed by atoms with Gasteiger partial charge in [0.2, 0.25) is 5.91 Å². The van der Waals surface area contributed by atoms with Crippen LogP contribution in [0, 0.1) is 0 Å². The van der Waals surface area contributed by atoms with Gasteiger partial charge >= 0.3 is 0 Å². The molecule has 5 heteroatoms. The number of aromatic nitrogens is 1. The third-order valence-electron chi connectivity index (χ3n) is 1.64. The number of thioether (sulfide) groups is 1. The summed E-state index contributed by atoms with van der Waals surface area (Å²) in [5.41, 5.74) is 0.970. The molecule has 0 saturated carbocycles. The second-order valence-electron chi connectivity index (χ2n) is 2.89. The average Bonchev–Trinajstić information content (AvgIpc) is 2.28. The molecule has 1 amide bonds. The van der Waals surface area contributed by atoms with E-state index >= 15 is 0 Å². The highest BCUT2D eigenvalue weighted by Gasteiger charge is 2.00. The van der Waals surface area contributed by atoms with Crippen molar-refractivity contribution >= 4 is 17.7 Å². The molecule has 0 unspecified atom stereocenters. The first-order chi connectivity index (χ1) is 7.33. The molecular weight excluding hydrogens is 212 g/mol. The minimum Gasteiger partial charge on any atom is -0.395 e. The first kappa shape index (κ1) is 12.0. The zero-order valence-electron chi connectivity index (χ0n) is 8.35. The first-order valence-electron chi connectivity index (χ1n) is 4.68. The van der Waals surface area contributed by atoms with E-state index in [0.717, 1.165) is 11.4 Å². The summed E-state index contributed by atoms with van der Waals surface area (Å²) in [6.07, 6.45) is 1.74. The summed E-state index contributed by atoms with van der Waals surface area (Å²) in [7, 11) is 0. The van der Waals surface area contributed by atoms with Crippen LogP contribution in [0.3, 0.4) is 0 Å². The fourth-order valence-electron chi connectivity index (χ4n) is 0.978. The number of aliphatic hydroxyl groups is 1. The zero-order valence-corrected chi connectivity index (χ0v) is 9.17. The minimum atomic E-state index is -0.0509. The van der Waals surface area contributed by atoms with Crippen molar-refractivity contribution < 1.29 is 9.90 Å². The molecule has 0 radical (unpaired) electrons. The quantitative estimate of drug-likeness (QED) is 0.738. The molecule has 0 aromatic carbocycles.